The van der Waals surface area contributed by atoms with Crippen LogP contribution in [0.5, 0.6) is 0 Å². The number of rotatable bonds is 8. The number of halogens is 1. The van der Waals surface area contributed by atoms with E-state index in [0.29, 0.717) is 24.6 Å². The maximum absolute atomic E-state index is 13.7. The molecule has 0 heterocycles. The first-order valence-corrected chi connectivity index (χ1v) is 10.1. The van der Waals surface area contributed by atoms with E-state index in [-0.39, 0.29) is 24.2 Å². The fraction of sp³-hybridized carbons (Fsp3) is 0.588. The average Bonchev–Trinajstić information content (AvgIpc) is 2.56. The van der Waals surface area contributed by atoms with Crippen LogP contribution in [0.3, 0.4) is 0 Å². The van der Waals surface area contributed by atoms with Crippen molar-refractivity contribution in [2.24, 2.45) is 4.99 Å². The van der Waals surface area contributed by atoms with Gasteiger partial charge in [-0.1, -0.05) is 26.0 Å². The maximum Gasteiger partial charge on any atom is 0.215 e. The van der Waals surface area contributed by atoms with E-state index in [1.165, 1.54) is 10.4 Å². The van der Waals surface area contributed by atoms with E-state index >= 15 is 0 Å². The first kappa shape index (κ1) is 21.4. The zero-order chi connectivity index (χ0) is 19.0. The molecule has 0 bridgehead atoms. The molecule has 25 heavy (non-hydrogen) atoms. The molecule has 0 aromatic heterocycles. The summed E-state index contributed by atoms with van der Waals surface area (Å²) in [7, 11) is -1.67. The Bertz CT molecular complexity index is 688. The number of aryl methyl sites for hydroxylation is 1. The van der Waals surface area contributed by atoms with Crippen LogP contribution in [0.25, 0.3) is 0 Å². The van der Waals surface area contributed by atoms with Crippen molar-refractivity contribution in [1.82, 2.24) is 14.9 Å². The summed E-state index contributed by atoms with van der Waals surface area (Å²) in [6.07, 6.45) is 0. The molecule has 0 saturated heterocycles. The molecule has 0 fully saturated rings. The molecule has 6 nitrogen and oxygen atoms in total. The Morgan fingerprint density at radius 3 is 2.48 bits per heavy atom. The minimum atomic E-state index is -3.28. The van der Waals surface area contributed by atoms with E-state index in [2.05, 4.69) is 15.6 Å². The SMILES string of the molecule is CCN(CC)S(=O)(=O)CCNC(=NC)NC(C)c1ccc(C)c(F)c1. The largest absolute Gasteiger partial charge is 0.355 e. The number of hydrogen-bond acceptors (Lipinski definition) is 3. The third-order valence-electron chi connectivity index (χ3n) is 4.02. The first-order chi connectivity index (χ1) is 11.7. The highest BCUT2D eigenvalue weighted by Gasteiger charge is 2.18. The summed E-state index contributed by atoms with van der Waals surface area (Å²) in [5.41, 5.74) is 1.39. The molecular weight excluding hydrogens is 343 g/mol. The minimum absolute atomic E-state index is 0.0110. The lowest BCUT2D eigenvalue weighted by Crippen LogP contribution is -2.42. The fourth-order valence-electron chi connectivity index (χ4n) is 2.41. The number of sulfonamides is 1. The lowest BCUT2D eigenvalue weighted by molar-refractivity contribution is 0.445. The monoisotopic (exact) mass is 372 g/mol. The van der Waals surface area contributed by atoms with Crippen molar-refractivity contribution in [2.45, 2.75) is 33.7 Å². The van der Waals surface area contributed by atoms with E-state index in [9.17, 15) is 12.8 Å². The van der Waals surface area contributed by atoms with Crippen molar-refractivity contribution < 1.29 is 12.8 Å². The molecule has 8 heteroatoms. The van der Waals surface area contributed by atoms with Gasteiger partial charge in [-0.2, -0.15) is 0 Å². The zero-order valence-corrected chi connectivity index (χ0v) is 16.5. The molecular formula is C17H29FN4O2S. The first-order valence-electron chi connectivity index (χ1n) is 8.46. The molecule has 0 saturated carbocycles. The van der Waals surface area contributed by atoms with Gasteiger partial charge in [-0.25, -0.2) is 17.1 Å². The molecule has 2 N–H and O–H groups in total. The van der Waals surface area contributed by atoms with Crippen molar-refractivity contribution in [3.63, 3.8) is 0 Å². The molecule has 0 aliphatic rings. The molecule has 0 aliphatic carbocycles. The van der Waals surface area contributed by atoms with Crippen LogP contribution in [0.1, 0.15) is 37.9 Å². The Balaban J connectivity index is 2.61. The number of hydrogen-bond donors (Lipinski definition) is 2. The van der Waals surface area contributed by atoms with Gasteiger partial charge in [-0.05, 0) is 31.0 Å². The average molecular weight is 373 g/mol. The maximum atomic E-state index is 13.7. The van der Waals surface area contributed by atoms with Gasteiger partial charge >= 0.3 is 0 Å². The highest BCUT2D eigenvalue weighted by molar-refractivity contribution is 7.89. The van der Waals surface area contributed by atoms with Gasteiger partial charge in [0.25, 0.3) is 0 Å². The van der Waals surface area contributed by atoms with Crippen LogP contribution in [0.15, 0.2) is 23.2 Å². The van der Waals surface area contributed by atoms with Crippen LogP contribution >= 0.6 is 0 Å². The smallest absolute Gasteiger partial charge is 0.215 e. The lowest BCUT2D eigenvalue weighted by Gasteiger charge is -2.21. The Labute approximate surface area is 150 Å². The number of nitrogens with zero attached hydrogens (tertiary/aromatic N) is 2. The van der Waals surface area contributed by atoms with E-state index in [0.717, 1.165) is 5.56 Å². The van der Waals surface area contributed by atoms with Crippen LogP contribution < -0.4 is 10.6 Å². The van der Waals surface area contributed by atoms with E-state index < -0.39 is 10.0 Å². The molecule has 0 aliphatic heterocycles. The molecule has 1 atom stereocenters. The van der Waals surface area contributed by atoms with Gasteiger partial charge in [0.2, 0.25) is 10.0 Å². The van der Waals surface area contributed by atoms with E-state index in [1.54, 1.807) is 20.0 Å². The van der Waals surface area contributed by atoms with Crippen molar-refractivity contribution in [2.75, 3.05) is 32.4 Å². The summed E-state index contributed by atoms with van der Waals surface area (Å²) in [5.74, 6) is 0.214. The van der Waals surface area contributed by atoms with Crippen molar-refractivity contribution in [1.29, 1.82) is 0 Å². The summed E-state index contributed by atoms with van der Waals surface area (Å²) in [6, 6.07) is 4.91. The summed E-state index contributed by atoms with van der Waals surface area (Å²) in [6.45, 7) is 8.41. The lowest BCUT2D eigenvalue weighted by atomic mass is 10.1. The normalized spacial score (nSPS) is 13.8. The van der Waals surface area contributed by atoms with Gasteiger partial charge in [-0.3, -0.25) is 4.99 Å². The number of benzene rings is 1. The summed E-state index contributed by atoms with van der Waals surface area (Å²) < 4.78 is 39.4. The number of guanidine groups is 1. The summed E-state index contributed by atoms with van der Waals surface area (Å²) in [4.78, 5) is 4.09. The summed E-state index contributed by atoms with van der Waals surface area (Å²) in [5, 5.41) is 6.13. The van der Waals surface area contributed by atoms with Gasteiger partial charge < -0.3 is 10.6 Å². The predicted octanol–water partition coefficient (Wildman–Crippen LogP) is 2.03. The Morgan fingerprint density at radius 1 is 1.32 bits per heavy atom. The molecule has 1 aromatic carbocycles. The Hall–Kier alpha value is -1.67. The van der Waals surface area contributed by atoms with Gasteiger partial charge in [0.15, 0.2) is 5.96 Å². The second kappa shape index (κ2) is 9.72. The van der Waals surface area contributed by atoms with Gasteiger partial charge in [-0.15, -0.1) is 0 Å². The molecule has 1 rings (SSSR count). The quantitative estimate of drug-likeness (QED) is 0.541. The fourth-order valence-corrected chi connectivity index (χ4v) is 3.81. The van der Waals surface area contributed by atoms with Crippen molar-refractivity contribution in [3.8, 4) is 0 Å². The van der Waals surface area contributed by atoms with Gasteiger partial charge in [0, 0.05) is 26.7 Å². The Morgan fingerprint density at radius 2 is 1.96 bits per heavy atom. The van der Waals surface area contributed by atoms with Crippen molar-refractivity contribution >= 4 is 16.0 Å². The van der Waals surface area contributed by atoms with Crippen LogP contribution in [-0.4, -0.2) is 51.1 Å². The van der Waals surface area contributed by atoms with Crippen LogP contribution in [-0.2, 0) is 10.0 Å². The predicted molar refractivity (Wildman–Crippen MR) is 101 cm³/mol. The minimum Gasteiger partial charge on any atom is -0.355 e. The third kappa shape index (κ3) is 6.28. The molecule has 1 unspecified atom stereocenters. The molecule has 1 aromatic rings. The molecule has 0 radical (unpaired) electrons. The van der Waals surface area contributed by atoms with E-state index in [1.807, 2.05) is 26.8 Å². The molecule has 0 amide bonds. The third-order valence-corrected chi connectivity index (χ3v) is 6.05. The summed E-state index contributed by atoms with van der Waals surface area (Å²) >= 11 is 0. The Kier molecular flexibility index (Phi) is 8.31. The second-order valence-corrected chi connectivity index (χ2v) is 7.86. The van der Waals surface area contributed by atoms with Crippen LogP contribution in [0, 0.1) is 12.7 Å². The standard InChI is InChI=1S/C17H29FN4O2S/c1-6-22(7-2)25(23,24)11-10-20-17(19-5)21-14(4)15-9-8-13(3)16(18)12-15/h8-9,12,14H,6-7,10-11H2,1-5H3,(H2,19,20,21). The van der Waals surface area contributed by atoms with Crippen LogP contribution in [0.2, 0.25) is 0 Å². The highest BCUT2D eigenvalue weighted by Crippen LogP contribution is 2.16. The highest BCUT2D eigenvalue weighted by atomic mass is 32.2. The second-order valence-electron chi connectivity index (χ2n) is 5.77. The number of aliphatic imine (C=N–C) groups is 1. The van der Waals surface area contributed by atoms with Crippen molar-refractivity contribution in [3.05, 3.63) is 35.1 Å². The van der Waals surface area contributed by atoms with Gasteiger partial charge in [0.05, 0.1) is 11.8 Å². The van der Waals surface area contributed by atoms with E-state index in [4.69, 9.17) is 0 Å². The topological polar surface area (TPSA) is 73.8 Å². The molecule has 0 spiro atoms. The zero-order valence-electron chi connectivity index (χ0n) is 15.6. The van der Waals surface area contributed by atoms with Crippen LogP contribution in [0.4, 0.5) is 4.39 Å². The molecule has 142 valence electrons. The van der Waals surface area contributed by atoms with Gasteiger partial charge in [0.1, 0.15) is 5.82 Å². The number of nitrogens with one attached hydrogen (secondary N) is 2.